The smallest absolute Gasteiger partial charge is 0.259 e. The molecule has 0 saturated heterocycles. The highest BCUT2D eigenvalue weighted by molar-refractivity contribution is 7.18. The molecule has 1 aliphatic carbocycles. The van der Waals surface area contributed by atoms with Crippen LogP contribution in [0.4, 0.5) is 0 Å². The van der Waals surface area contributed by atoms with E-state index in [9.17, 15) is 9.59 Å². The number of hydrogen-bond donors (Lipinski definition) is 3. The predicted molar refractivity (Wildman–Crippen MR) is 94.4 cm³/mol. The van der Waals surface area contributed by atoms with E-state index in [0.717, 1.165) is 29.5 Å². The fraction of sp³-hybridized carbons (Fsp3) is 0.588. The van der Waals surface area contributed by atoms with Crippen LogP contribution in [0.25, 0.3) is 10.2 Å². The van der Waals surface area contributed by atoms with Crippen molar-refractivity contribution >= 4 is 27.5 Å². The second-order valence-corrected chi connectivity index (χ2v) is 7.78. The van der Waals surface area contributed by atoms with E-state index in [1.807, 2.05) is 0 Å². The van der Waals surface area contributed by atoms with Gasteiger partial charge in [-0.25, -0.2) is 4.98 Å². The number of amides is 1. The zero-order valence-electron chi connectivity index (χ0n) is 14.0. The van der Waals surface area contributed by atoms with Crippen LogP contribution in [0.3, 0.4) is 0 Å². The molecule has 3 N–H and O–H groups in total. The highest BCUT2D eigenvalue weighted by Crippen LogP contribution is 2.35. The molecule has 6 nitrogen and oxygen atoms in total. The summed E-state index contributed by atoms with van der Waals surface area (Å²) in [5, 5.41) is 12.4. The monoisotopic (exact) mass is 349 g/mol. The number of nitrogens with one attached hydrogen (secondary N) is 2. The number of aromatic amines is 1. The Labute approximate surface area is 144 Å². The first-order chi connectivity index (χ1) is 11.5. The summed E-state index contributed by atoms with van der Waals surface area (Å²) in [4.78, 5) is 33.7. The van der Waals surface area contributed by atoms with Gasteiger partial charge in [0.05, 0.1) is 12.0 Å². The van der Waals surface area contributed by atoms with E-state index in [2.05, 4.69) is 22.2 Å². The molecule has 0 fully saturated rings. The third-order valence-electron chi connectivity index (χ3n) is 4.48. The summed E-state index contributed by atoms with van der Waals surface area (Å²) in [7, 11) is 0. The predicted octanol–water partition coefficient (Wildman–Crippen LogP) is 1.54. The minimum Gasteiger partial charge on any atom is -0.394 e. The zero-order valence-corrected chi connectivity index (χ0v) is 14.8. The molecule has 3 rings (SSSR count). The highest BCUT2D eigenvalue weighted by Gasteiger charge is 2.23. The Morgan fingerprint density at radius 2 is 2.33 bits per heavy atom. The zero-order chi connectivity index (χ0) is 17.3. The Bertz CT molecular complexity index is 811. The van der Waals surface area contributed by atoms with Gasteiger partial charge in [0.25, 0.3) is 5.56 Å². The quantitative estimate of drug-likeness (QED) is 0.763. The summed E-state index contributed by atoms with van der Waals surface area (Å²) >= 11 is 1.62. The van der Waals surface area contributed by atoms with Gasteiger partial charge in [0.2, 0.25) is 5.91 Å². The van der Waals surface area contributed by atoms with Crippen molar-refractivity contribution in [2.45, 2.75) is 52.0 Å². The van der Waals surface area contributed by atoms with Gasteiger partial charge in [-0.05, 0) is 37.7 Å². The van der Waals surface area contributed by atoms with E-state index >= 15 is 0 Å². The van der Waals surface area contributed by atoms with Crippen molar-refractivity contribution in [3.8, 4) is 0 Å². The topological polar surface area (TPSA) is 95.1 Å². The maximum absolute atomic E-state index is 12.5. The first kappa shape index (κ1) is 17.1. The van der Waals surface area contributed by atoms with Gasteiger partial charge in [-0.1, -0.05) is 6.92 Å². The molecule has 0 bridgehead atoms. The maximum Gasteiger partial charge on any atom is 0.259 e. The maximum atomic E-state index is 12.5. The SMILES string of the molecule is CC1CCc2c(sc3nc(CCC(=O)NC(C)CO)[nH]c(=O)c23)C1. The number of rotatable bonds is 5. The number of aromatic nitrogens is 2. The average molecular weight is 349 g/mol. The van der Waals surface area contributed by atoms with Crippen molar-refractivity contribution in [3.05, 3.63) is 26.6 Å². The molecular weight excluding hydrogens is 326 g/mol. The molecule has 0 spiro atoms. The number of aryl methyl sites for hydroxylation is 2. The van der Waals surface area contributed by atoms with Crippen LogP contribution in [0, 0.1) is 5.92 Å². The van der Waals surface area contributed by atoms with Crippen molar-refractivity contribution in [1.29, 1.82) is 0 Å². The van der Waals surface area contributed by atoms with Crippen molar-refractivity contribution in [2.24, 2.45) is 5.92 Å². The Balaban J connectivity index is 1.79. The lowest BCUT2D eigenvalue weighted by Crippen LogP contribution is -2.35. The number of carbonyl (C=O) groups excluding carboxylic acids is 1. The van der Waals surface area contributed by atoms with Crippen LogP contribution in [-0.2, 0) is 24.1 Å². The van der Waals surface area contributed by atoms with E-state index in [1.54, 1.807) is 18.3 Å². The molecule has 2 heterocycles. The third-order valence-corrected chi connectivity index (χ3v) is 5.63. The number of hydrogen-bond acceptors (Lipinski definition) is 5. The fourth-order valence-electron chi connectivity index (χ4n) is 3.14. The van der Waals surface area contributed by atoms with Gasteiger partial charge in [0, 0.05) is 23.8 Å². The van der Waals surface area contributed by atoms with E-state index < -0.39 is 0 Å². The summed E-state index contributed by atoms with van der Waals surface area (Å²) in [6.45, 7) is 3.88. The molecule has 1 aliphatic rings. The number of fused-ring (bicyclic) bond motifs is 3. The summed E-state index contributed by atoms with van der Waals surface area (Å²) < 4.78 is 0. The summed E-state index contributed by atoms with van der Waals surface area (Å²) in [6.07, 6.45) is 3.70. The molecular formula is C17H23N3O3S. The molecule has 130 valence electrons. The molecule has 2 unspecified atom stereocenters. The number of aliphatic hydroxyl groups is 1. The molecule has 1 amide bonds. The van der Waals surface area contributed by atoms with Gasteiger partial charge < -0.3 is 15.4 Å². The lowest BCUT2D eigenvalue weighted by molar-refractivity contribution is -0.121. The second-order valence-electron chi connectivity index (χ2n) is 6.70. The van der Waals surface area contributed by atoms with E-state index in [4.69, 9.17) is 5.11 Å². The van der Waals surface area contributed by atoms with Crippen LogP contribution in [-0.4, -0.2) is 33.6 Å². The number of carbonyl (C=O) groups is 1. The first-order valence-electron chi connectivity index (χ1n) is 8.41. The number of nitrogens with zero attached hydrogens (tertiary/aromatic N) is 1. The lowest BCUT2D eigenvalue weighted by atomic mass is 9.89. The summed E-state index contributed by atoms with van der Waals surface area (Å²) in [5.74, 6) is 1.05. The molecule has 2 aromatic rings. The summed E-state index contributed by atoms with van der Waals surface area (Å²) in [5.41, 5.74) is 1.08. The van der Waals surface area contributed by atoms with Crippen LogP contribution in [0.15, 0.2) is 4.79 Å². The number of aliphatic hydroxyl groups excluding tert-OH is 1. The minimum atomic E-state index is -0.266. The van der Waals surface area contributed by atoms with Crippen molar-refractivity contribution in [3.63, 3.8) is 0 Å². The third kappa shape index (κ3) is 3.52. The molecule has 0 saturated carbocycles. The standard InChI is InChI=1S/C17H23N3O3S/c1-9-3-4-11-12(7-9)24-17-15(11)16(23)19-13(20-17)5-6-14(22)18-10(2)8-21/h9-10,21H,3-8H2,1-2H3,(H,18,22)(H,19,20,23). The van der Waals surface area contributed by atoms with E-state index in [-0.39, 0.29) is 30.5 Å². The molecule has 0 radical (unpaired) electrons. The molecule has 7 heteroatoms. The Morgan fingerprint density at radius 3 is 3.08 bits per heavy atom. The van der Waals surface area contributed by atoms with Crippen LogP contribution >= 0.6 is 11.3 Å². The van der Waals surface area contributed by atoms with Gasteiger partial charge in [-0.2, -0.15) is 0 Å². The number of thiophene rings is 1. The van der Waals surface area contributed by atoms with E-state index in [1.165, 1.54) is 10.4 Å². The lowest BCUT2D eigenvalue weighted by Gasteiger charge is -2.17. The Kier molecular flexibility index (Phi) is 5.01. The summed E-state index contributed by atoms with van der Waals surface area (Å²) in [6, 6.07) is -0.266. The van der Waals surface area contributed by atoms with Crippen LogP contribution < -0.4 is 10.9 Å². The van der Waals surface area contributed by atoms with Crippen LogP contribution in [0.2, 0.25) is 0 Å². The first-order valence-corrected chi connectivity index (χ1v) is 9.23. The van der Waals surface area contributed by atoms with Crippen molar-refractivity contribution in [1.82, 2.24) is 15.3 Å². The van der Waals surface area contributed by atoms with Gasteiger partial charge in [-0.3, -0.25) is 9.59 Å². The fourth-order valence-corrected chi connectivity index (χ4v) is 4.54. The molecule has 2 atom stereocenters. The highest BCUT2D eigenvalue weighted by atomic mass is 32.1. The Morgan fingerprint density at radius 1 is 1.54 bits per heavy atom. The van der Waals surface area contributed by atoms with Gasteiger partial charge in [-0.15, -0.1) is 11.3 Å². The number of H-pyrrole nitrogens is 1. The second kappa shape index (κ2) is 7.03. The molecule has 0 aliphatic heterocycles. The minimum absolute atomic E-state index is 0.0913. The Hall–Kier alpha value is -1.73. The molecule has 2 aromatic heterocycles. The van der Waals surface area contributed by atoms with Crippen LogP contribution in [0.1, 0.15) is 43.0 Å². The average Bonchev–Trinajstić information content (AvgIpc) is 2.90. The van der Waals surface area contributed by atoms with Crippen molar-refractivity contribution in [2.75, 3.05) is 6.61 Å². The van der Waals surface area contributed by atoms with Crippen LogP contribution in [0.5, 0.6) is 0 Å². The van der Waals surface area contributed by atoms with Gasteiger partial charge >= 0.3 is 0 Å². The van der Waals surface area contributed by atoms with E-state index in [0.29, 0.717) is 18.2 Å². The molecule has 0 aromatic carbocycles. The normalized spacial score (nSPS) is 18.4. The van der Waals surface area contributed by atoms with Gasteiger partial charge in [0.15, 0.2) is 0 Å². The largest absolute Gasteiger partial charge is 0.394 e. The van der Waals surface area contributed by atoms with Crippen molar-refractivity contribution < 1.29 is 9.90 Å². The molecule has 24 heavy (non-hydrogen) atoms. The van der Waals surface area contributed by atoms with Gasteiger partial charge in [0.1, 0.15) is 10.7 Å².